The van der Waals surface area contributed by atoms with E-state index in [9.17, 15) is 19.5 Å². The molecule has 0 aliphatic heterocycles. The van der Waals surface area contributed by atoms with Crippen molar-refractivity contribution < 1.29 is 24.2 Å². The Hall–Kier alpha value is -2.91. The zero-order valence-corrected chi connectivity index (χ0v) is 18.8. The molecule has 2 amide bonds. The second-order valence-corrected chi connectivity index (χ2v) is 8.60. The second-order valence-electron chi connectivity index (χ2n) is 6.05. The van der Waals surface area contributed by atoms with Gasteiger partial charge in [0.05, 0.1) is 4.91 Å². The summed E-state index contributed by atoms with van der Waals surface area (Å²) in [5, 5.41) is 14.8. The van der Waals surface area contributed by atoms with Gasteiger partial charge in [0.25, 0.3) is 5.91 Å². The van der Waals surface area contributed by atoms with Crippen LogP contribution in [-0.2, 0) is 20.9 Å². The van der Waals surface area contributed by atoms with Crippen LogP contribution in [0.3, 0.4) is 0 Å². The quantitative estimate of drug-likeness (QED) is 0.420. The largest absolute Gasteiger partial charge is 0.477 e. The summed E-state index contributed by atoms with van der Waals surface area (Å²) < 4.78 is 5.19. The van der Waals surface area contributed by atoms with Gasteiger partial charge in [-0.3, -0.25) is 10.1 Å². The maximum absolute atomic E-state index is 12.7. The van der Waals surface area contributed by atoms with E-state index in [1.54, 1.807) is 36.4 Å². The first kappa shape index (κ1) is 24.4. The number of anilines is 2. The van der Waals surface area contributed by atoms with Crippen LogP contribution >= 0.6 is 23.5 Å². The first-order valence-corrected chi connectivity index (χ1v) is 11.5. The highest BCUT2D eigenvalue weighted by molar-refractivity contribution is 8.07. The Labute approximate surface area is 189 Å². The van der Waals surface area contributed by atoms with Crippen LogP contribution in [0.4, 0.5) is 16.2 Å². The molecule has 0 atom stereocenters. The number of rotatable bonds is 10. The summed E-state index contributed by atoms with van der Waals surface area (Å²) >= 11 is 2.32. The maximum atomic E-state index is 12.7. The molecular weight excluding hydrogens is 436 g/mol. The lowest BCUT2D eigenvalue weighted by Gasteiger charge is -2.12. The number of carboxylic acids is 1. The van der Waals surface area contributed by atoms with Crippen molar-refractivity contribution in [1.82, 2.24) is 0 Å². The molecule has 0 heterocycles. The van der Waals surface area contributed by atoms with E-state index >= 15 is 0 Å². The molecule has 0 aliphatic rings. The topological polar surface area (TPSA) is 105 Å². The minimum Gasteiger partial charge on any atom is -0.477 e. The van der Waals surface area contributed by atoms with Crippen LogP contribution in [0.2, 0.25) is 0 Å². The summed E-state index contributed by atoms with van der Waals surface area (Å²) in [4.78, 5) is 36.3. The van der Waals surface area contributed by atoms with Crippen molar-refractivity contribution in [3.05, 3.63) is 70.0 Å². The average Bonchev–Trinajstić information content (AvgIpc) is 2.76. The van der Waals surface area contributed by atoms with Gasteiger partial charge in [-0.05, 0) is 41.3 Å². The first-order valence-electron chi connectivity index (χ1n) is 9.56. The second kappa shape index (κ2) is 12.7. The van der Waals surface area contributed by atoms with Gasteiger partial charge in [0.1, 0.15) is 11.5 Å². The van der Waals surface area contributed by atoms with Crippen molar-refractivity contribution in [2.24, 2.45) is 0 Å². The maximum Gasteiger partial charge on any atom is 0.411 e. The van der Waals surface area contributed by atoms with Crippen molar-refractivity contribution >= 4 is 52.9 Å². The SMILES string of the molecule is CCS/C(C(=O)O)=C(\SCC)C(=O)Nc1ccc(COC(=O)Nc2ccccc2)cc1. The molecule has 0 saturated carbocycles. The Morgan fingerprint density at radius 1 is 0.839 bits per heavy atom. The van der Waals surface area contributed by atoms with E-state index in [4.69, 9.17) is 4.74 Å². The number of carbonyl (C=O) groups is 3. The molecule has 0 unspecified atom stereocenters. The van der Waals surface area contributed by atoms with E-state index in [0.717, 1.165) is 17.3 Å². The minimum absolute atomic E-state index is 0.0429. The number of para-hydroxylation sites is 1. The van der Waals surface area contributed by atoms with Crippen LogP contribution < -0.4 is 10.6 Å². The fourth-order valence-corrected chi connectivity index (χ4v) is 4.12. The molecule has 0 fully saturated rings. The number of aliphatic carboxylic acids is 1. The van der Waals surface area contributed by atoms with Crippen molar-refractivity contribution in [2.45, 2.75) is 20.5 Å². The van der Waals surface area contributed by atoms with Crippen molar-refractivity contribution in [1.29, 1.82) is 0 Å². The summed E-state index contributed by atoms with van der Waals surface area (Å²) in [6.07, 6.45) is -0.565. The smallest absolute Gasteiger partial charge is 0.411 e. The van der Waals surface area contributed by atoms with Gasteiger partial charge >= 0.3 is 12.1 Å². The molecule has 0 aliphatic carbocycles. The summed E-state index contributed by atoms with van der Waals surface area (Å²) in [5.74, 6) is -0.448. The van der Waals surface area contributed by atoms with Gasteiger partial charge in [-0.15, -0.1) is 23.5 Å². The van der Waals surface area contributed by atoms with E-state index in [-0.39, 0.29) is 16.4 Å². The number of amides is 2. The predicted octanol–water partition coefficient (Wildman–Crippen LogP) is 5.18. The van der Waals surface area contributed by atoms with E-state index in [0.29, 0.717) is 22.9 Å². The molecule has 9 heteroatoms. The highest BCUT2D eigenvalue weighted by Gasteiger charge is 2.21. The van der Waals surface area contributed by atoms with Gasteiger partial charge in [-0.25, -0.2) is 9.59 Å². The Morgan fingerprint density at radius 3 is 2.00 bits per heavy atom. The molecule has 0 spiro atoms. The molecule has 0 saturated heterocycles. The molecule has 2 rings (SSSR count). The van der Waals surface area contributed by atoms with E-state index in [1.165, 1.54) is 11.8 Å². The minimum atomic E-state index is -1.11. The fourth-order valence-electron chi connectivity index (χ4n) is 2.44. The van der Waals surface area contributed by atoms with Gasteiger partial charge in [0, 0.05) is 11.4 Å². The average molecular weight is 461 g/mol. The van der Waals surface area contributed by atoms with Crippen molar-refractivity contribution in [2.75, 3.05) is 22.1 Å². The number of hydrogen-bond donors (Lipinski definition) is 3. The van der Waals surface area contributed by atoms with Gasteiger partial charge in [0.2, 0.25) is 0 Å². The summed E-state index contributed by atoms with van der Waals surface area (Å²) in [6.45, 7) is 3.76. The van der Waals surface area contributed by atoms with Crippen LogP contribution in [-0.4, -0.2) is 34.6 Å². The molecular formula is C22H24N2O5S2. The lowest BCUT2D eigenvalue weighted by molar-refractivity contribution is -0.132. The van der Waals surface area contributed by atoms with Gasteiger partial charge in [-0.1, -0.05) is 44.2 Å². The zero-order chi connectivity index (χ0) is 22.6. The molecule has 2 aromatic rings. The Morgan fingerprint density at radius 2 is 1.42 bits per heavy atom. The first-order chi connectivity index (χ1) is 14.9. The molecule has 3 N–H and O–H groups in total. The van der Waals surface area contributed by atoms with E-state index in [2.05, 4.69) is 10.6 Å². The number of carboxylic acid groups (broad SMARTS) is 1. The van der Waals surface area contributed by atoms with Crippen LogP contribution in [0, 0.1) is 0 Å². The predicted molar refractivity (Wildman–Crippen MR) is 126 cm³/mol. The van der Waals surface area contributed by atoms with Gasteiger partial charge in [-0.2, -0.15) is 0 Å². The summed E-state index contributed by atoms with van der Waals surface area (Å²) in [5.41, 5.74) is 1.90. The third-order valence-electron chi connectivity index (χ3n) is 3.79. The van der Waals surface area contributed by atoms with Crippen LogP contribution in [0.5, 0.6) is 0 Å². The summed E-state index contributed by atoms with van der Waals surface area (Å²) in [7, 11) is 0. The number of ether oxygens (including phenoxy) is 1. The third-order valence-corrected chi connectivity index (χ3v) is 5.84. The van der Waals surface area contributed by atoms with Gasteiger partial charge < -0.3 is 15.2 Å². The van der Waals surface area contributed by atoms with Crippen LogP contribution in [0.25, 0.3) is 0 Å². The lowest BCUT2D eigenvalue weighted by Crippen LogP contribution is -2.17. The third kappa shape index (κ3) is 8.03. The number of benzene rings is 2. The molecule has 2 aromatic carbocycles. The number of hydrogen-bond acceptors (Lipinski definition) is 6. The Balaban J connectivity index is 1.97. The lowest BCUT2D eigenvalue weighted by atomic mass is 10.2. The van der Waals surface area contributed by atoms with E-state index in [1.807, 2.05) is 32.0 Å². The molecule has 0 bridgehead atoms. The summed E-state index contributed by atoms with van der Waals surface area (Å²) in [6, 6.07) is 15.8. The van der Waals surface area contributed by atoms with Gasteiger partial charge in [0.15, 0.2) is 0 Å². The normalized spacial score (nSPS) is 11.3. The molecule has 164 valence electrons. The molecule has 0 aromatic heterocycles. The van der Waals surface area contributed by atoms with Crippen molar-refractivity contribution in [3.8, 4) is 0 Å². The van der Waals surface area contributed by atoms with Crippen molar-refractivity contribution in [3.63, 3.8) is 0 Å². The zero-order valence-electron chi connectivity index (χ0n) is 17.2. The van der Waals surface area contributed by atoms with Crippen LogP contribution in [0.15, 0.2) is 64.4 Å². The standard InChI is InChI=1S/C22H24N2O5S2/c1-3-30-18(19(21(26)27)31-4-2)20(25)23-17-12-10-15(11-13-17)14-29-22(28)24-16-8-6-5-7-9-16/h5-13H,3-4,14H2,1-2H3,(H,23,25)(H,24,28)(H,26,27)/b19-18-. The fraction of sp³-hybridized carbons (Fsp3) is 0.227. The highest BCUT2D eigenvalue weighted by atomic mass is 32.2. The monoisotopic (exact) mass is 460 g/mol. The van der Waals surface area contributed by atoms with Crippen LogP contribution in [0.1, 0.15) is 19.4 Å². The molecule has 31 heavy (non-hydrogen) atoms. The Kier molecular flexibility index (Phi) is 9.99. The van der Waals surface area contributed by atoms with E-state index < -0.39 is 18.0 Å². The Bertz CT molecular complexity index is 931. The number of nitrogens with one attached hydrogen (secondary N) is 2. The number of thioether (sulfide) groups is 2. The number of carbonyl (C=O) groups excluding carboxylic acids is 2. The molecule has 0 radical (unpaired) electrons. The highest BCUT2D eigenvalue weighted by Crippen LogP contribution is 2.29. The molecule has 7 nitrogen and oxygen atoms in total.